The predicted molar refractivity (Wildman–Crippen MR) is 293 cm³/mol. The molecule has 3 N–H and O–H groups in total. The second-order valence-electron chi connectivity index (χ2n) is 20.9. The van der Waals surface area contributed by atoms with Gasteiger partial charge in [-0.25, -0.2) is 0 Å². The number of amides is 1. The maximum absolute atomic E-state index is 14.4. The van der Waals surface area contributed by atoms with E-state index in [0.717, 1.165) is 90.4 Å². The van der Waals surface area contributed by atoms with Crippen LogP contribution in [0.4, 0.5) is 18.9 Å². The van der Waals surface area contributed by atoms with E-state index in [4.69, 9.17) is 4.74 Å². The molecule has 11 rings (SSSR count). The number of halogens is 3. The number of anilines is 1. The number of rotatable bonds is 11. The summed E-state index contributed by atoms with van der Waals surface area (Å²) in [6.45, 7) is 8.22. The van der Waals surface area contributed by atoms with Gasteiger partial charge in [-0.15, -0.1) is 0 Å². The summed E-state index contributed by atoms with van der Waals surface area (Å²) in [5.41, 5.74) is 11.2. The Labute approximate surface area is 430 Å². The number of carbonyl (C=O) groups is 1. The summed E-state index contributed by atoms with van der Waals surface area (Å²) in [6.07, 6.45) is 10.7. The summed E-state index contributed by atoms with van der Waals surface area (Å²) in [5.74, 6) is 1.34. The molecule has 74 heavy (non-hydrogen) atoms. The summed E-state index contributed by atoms with van der Waals surface area (Å²) in [5, 5.41) is 25.3. The maximum atomic E-state index is 14.4. The van der Waals surface area contributed by atoms with Gasteiger partial charge >= 0.3 is 6.18 Å². The van der Waals surface area contributed by atoms with Gasteiger partial charge in [-0.1, -0.05) is 137 Å². The lowest BCUT2D eigenvalue weighted by Crippen LogP contribution is -2.35. The zero-order valence-corrected chi connectivity index (χ0v) is 42.0. The minimum Gasteiger partial charge on any atom is -0.508 e. The van der Waals surface area contributed by atoms with Gasteiger partial charge in [-0.3, -0.25) is 4.79 Å². The van der Waals surface area contributed by atoms with Gasteiger partial charge in [0.05, 0.1) is 5.56 Å². The largest absolute Gasteiger partial charge is 0.508 e. The van der Waals surface area contributed by atoms with Crippen LogP contribution in [0.15, 0.2) is 164 Å². The number of ether oxygens (including phenoxy) is 1. The minimum absolute atomic E-state index is 0.0924. The molecule has 3 aliphatic rings. The molecule has 1 unspecified atom stereocenters. The molecule has 0 bridgehead atoms. The summed E-state index contributed by atoms with van der Waals surface area (Å²) >= 11 is 0. The Kier molecular flexibility index (Phi) is 12.4. The molecule has 0 saturated carbocycles. The van der Waals surface area contributed by atoms with E-state index in [2.05, 4.69) is 54.7 Å². The first kappa shape index (κ1) is 48.4. The number of hydrogen-bond acceptors (Lipinski definition) is 4. The van der Waals surface area contributed by atoms with Crippen LogP contribution in [-0.2, 0) is 17.2 Å². The number of nitrogens with one attached hydrogen (secondary N) is 1. The van der Waals surface area contributed by atoms with E-state index in [-0.39, 0.29) is 17.4 Å². The zero-order chi connectivity index (χ0) is 51.5. The lowest BCUT2D eigenvalue weighted by molar-refractivity contribution is -0.137. The average Bonchev–Trinajstić information content (AvgIpc) is 3.65. The van der Waals surface area contributed by atoms with Crippen LogP contribution >= 0.6 is 0 Å². The highest BCUT2D eigenvalue weighted by Gasteiger charge is 2.45. The van der Waals surface area contributed by atoms with Crippen molar-refractivity contribution >= 4 is 34.0 Å². The third kappa shape index (κ3) is 8.74. The first-order chi connectivity index (χ1) is 35.6. The van der Waals surface area contributed by atoms with Crippen molar-refractivity contribution in [2.75, 3.05) is 5.32 Å². The monoisotopic (exact) mass is 985 g/mol. The third-order valence-corrected chi connectivity index (χ3v) is 15.8. The number of aromatic hydroxyl groups is 2. The second-order valence-corrected chi connectivity index (χ2v) is 20.9. The first-order valence-corrected chi connectivity index (χ1v) is 25.8. The first-order valence-electron chi connectivity index (χ1n) is 25.8. The SMILES string of the molecule is CCCCCC1CC=C(c2ccc(-c3ccc(C(=O)Nc4ccc(-c5cc6c7c(c8c(c6cc5C)OC(c5ccc(O)cc5)(c5ccc(O)cc5)C=C8)C(C)(C)c5cc(C(F)(F)F)ccc5-7)cc4)cc3)cc2)CC1. The molecule has 1 amide bonds. The predicted octanol–water partition coefficient (Wildman–Crippen LogP) is 17.6. The van der Waals surface area contributed by atoms with E-state index in [1.54, 1.807) is 54.6 Å². The Morgan fingerprint density at radius 3 is 1.95 bits per heavy atom. The summed E-state index contributed by atoms with van der Waals surface area (Å²) in [6, 6.07) is 46.0. The number of fused-ring (bicyclic) bond motifs is 8. The number of carbonyl (C=O) groups excluding carboxylic acids is 1. The maximum Gasteiger partial charge on any atom is 0.416 e. The molecule has 0 spiro atoms. The topological polar surface area (TPSA) is 78.8 Å². The second kappa shape index (κ2) is 18.9. The minimum atomic E-state index is -4.53. The Morgan fingerprint density at radius 1 is 0.716 bits per heavy atom. The molecule has 1 atom stereocenters. The molecule has 8 aromatic carbocycles. The van der Waals surface area contributed by atoms with E-state index >= 15 is 0 Å². The molecule has 8 aromatic rings. The van der Waals surface area contributed by atoms with Crippen molar-refractivity contribution in [2.24, 2.45) is 5.92 Å². The summed E-state index contributed by atoms with van der Waals surface area (Å²) < 4.78 is 50.5. The molecular weight excluding hydrogens is 928 g/mol. The van der Waals surface area contributed by atoms with Gasteiger partial charge in [-0.2, -0.15) is 13.2 Å². The van der Waals surface area contributed by atoms with Gasteiger partial charge in [0.1, 0.15) is 17.2 Å². The Balaban J connectivity index is 0.903. The van der Waals surface area contributed by atoms with Crippen LogP contribution in [0.1, 0.15) is 121 Å². The fourth-order valence-corrected chi connectivity index (χ4v) is 11.7. The number of benzene rings is 8. The van der Waals surface area contributed by atoms with Crippen LogP contribution in [0.5, 0.6) is 17.2 Å². The van der Waals surface area contributed by atoms with Crippen molar-refractivity contribution in [1.82, 2.24) is 0 Å². The Bertz CT molecular complexity index is 3470. The molecular formula is C66H58F3NO4. The molecule has 0 aromatic heterocycles. The van der Waals surface area contributed by atoms with E-state index in [1.165, 1.54) is 55.7 Å². The molecule has 2 aliphatic carbocycles. The van der Waals surface area contributed by atoms with Crippen LogP contribution in [0.25, 0.3) is 55.8 Å². The van der Waals surface area contributed by atoms with Gasteiger partial charge in [0.15, 0.2) is 5.60 Å². The number of allylic oxidation sites excluding steroid dienone is 2. The molecule has 0 radical (unpaired) electrons. The highest BCUT2D eigenvalue weighted by molar-refractivity contribution is 6.10. The fraction of sp³-hybridized carbons (Fsp3) is 0.227. The summed E-state index contributed by atoms with van der Waals surface area (Å²) in [4.78, 5) is 13.6. The van der Waals surface area contributed by atoms with Crippen molar-refractivity contribution in [3.63, 3.8) is 0 Å². The standard InChI is InChI=1S/C66H58F3NO4/c1-5-6-7-8-41-9-11-42(12-10-41)43-13-15-44(16-14-43)45-17-19-47(20-18-45)63(73)70-51-28-21-46(22-29-51)56-39-57-58(37-40(56)2)62-55(61-60(57)54-34-27-50(66(67,68)69)38-59(54)64(61,3)4)35-36-65(74-62,48-23-30-52(71)31-24-48)49-25-32-53(72)33-26-49/h11,13-39,41,71-72H,5-10,12H2,1-4H3,(H,70,73). The molecule has 8 heteroatoms. The van der Waals surface area contributed by atoms with E-state index in [9.17, 15) is 28.2 Å². The van der Waals surface area contributed by atoms with E-state index in [1.807, 2.05) is 81.5 Å². The van der Waals surface area contributed by atoms with E-state index in [0.29, 0.717) is 22.6 Å². The number of hydrogen-bond donors (Lipinski definition) is 3. The smallest absolute Gasteiger partial charge is 0.416 e. The third-order valence-electron chi connectivity index (χ3n) is 15.8. The number of phenols is 2. The van der Waals surface area contributed by atoms with Gasteiger partial charge in [0, 0.05) is 38.7 Å². The molecule has 1 aliphatic heterocycles. The quantitative estimate of drug-likeness (QED) is 0.113. The van der Waals surface area contributed by atoms with Gasteiger partial charge in [0.2, 0.25) is 0 Å². The fourth-order valence-electron chi connectivity index (χ4n) is 11.7. The average molecular weight is 986 g/mol. The van der Waals surface area contributed by atoms with Crippen LogP contribution in [0.2, 0.25) is 0 Å². The van der Waals surface area contributed by atoms with Crippen LogP contribution in [0, 0.1) is 12.8 Å². The molecule has 0 fully saturated rings. The molecule has 5 nitrogen and oxygen atoms in total. The number of unbranched alkanes of at least 4 members (excludes halogenated alkanes) is 2. The van der Waals surface area contributed by atoms with Crippen LogP contribution < -0.4 is 10.1 Å². The summed E-state index contributed by atoms with van der Waals surface area (Å²) in [7, 11) is 0. The van der Waals surface area contributed by atoms with Crippen molar-refractivity contribution in [2.45, 2.75) is 89.8 Å². The number of alkyl halides is 3. The van der Waals surface area contributed by atoms with Crippen molar-refractivity contribution in [3.8, 4) is 50.6 Å². The van der Waals surface area contributed by atoms with Gasteiger partial charge in [-0.05, 0) is 178 Å². The molecule has 1 heterocycles. The zero-order valence-electron chi connectivity index (χ0n) is 42.0. The highest BCUT2D eigenvalue weighted by Crippen LogP contribution is 2.59. The normalized spacial score (nSPS) is 16.2. The van der Waals surface area contributed by atoms with Gasteiger partial charge in [0.25, 0.3) is 5.91 Å². The van der Waals surface area contributed by atoms with Crippen LogP contribution in [0.3, 0.4) is 0 Å². The number of aryl methyl sites for hydroxylation is 1. The van der Waals surface area contributed by atoms with E-state index < -0.39 is 22.8 Å². The number of phenolic OH excluding ortho intramolecular Hbond substituents is 2. The van der Waals surface area contributed by atoms with Crippen molar-refractivity contribution in [3.05, 3.63) is 214 Å². The van der Waals surface area contributed by atoms with Crippen molar-refractivity contribution in [1.29, 1.82) is 0 Å². The lowest BCUT2D eigenvalue weighted by Gasteiger charge is -2.38. The van der Waals surface area contributed by atoms with Gasteiger partial charge < -0.3 is 20.3 Å². The van der Waals surface area contributed by atoms with Crippen LogP contribution in [-0.4, -0.2) is 16.1 Å². The van der Waals surface area contributed by atoms with Crippen molar-refractivity contribution < 1.29 is 32.9 Å². The molecule has 372 valence electrons. The molecule has 0 saturated heterocycles. The Morgan fingerprint density at radius 2 is 1.34 bits per heavy atom. The highest BCUT2D eigenvalue weighted by atomic mass is 19.4. The Hall–Kier alpha value is -7.84. The lowest BCUT2D eigenvalue weighted by atomic mass is 9.76.